The summed E-state index contributed by atoms with van der Waals surface area (Å²) in [6.07, 6.45) is 8.24. The van der Waals surface area contributed by atoms with E-state index >= 15 is 0 Å². The van der Waals surface area contributed by atoms with Gasteiger partial charge in [-0.05, 0) is 63.1 Å². The minimum absolute atomic E-state index is 0.0802. The monoisotopic (exact) mass is 480 g/mol. The van der Waals surface area contributed by atoms with Crippen molar-refractivity contribution in [2.75, 3.05) is 14.2 Å². The van der Waals surface area contributed by atoms with Crippen LogP contribution >= 0.6 is 7.82 Å². The van der Waals surface area contributed by atoms with E-state index in [1.165, 1.54) is 19.8 Å². The van der Waals surface area contributed by atoms with Gasteiger partial charge in [0.1, 0.15) is 11.5 Å². The van der Waals surface area contributed by atoms with E-state index in [9.17, 15) is 9.67 Å². The lowest BCUT2D eigenvalue weighted by Crippen LogP contribution is -2.32. The molecule has 0 saturated carbocycles. The second-order valence-corrected chi connectivity index (χ2v) is 11.2. The molecule has 7 heteroatoms. The number of hydrogen-bond donors (Lipinski definition) is 1. The van der Waals surface area contributed by atoms with E-state index in [0.717, 1.165) is 49.7 Å². The van der Waals surface area contributed by atoms with Gasteiger partial charge in [0.25, 0.3) is 0 Å². The molecular weight excluding hydrogens is 439 g/mol. The molecule has 1 aliphatic carbocycles. The normalized spacial score (nSPS) is 19.3. The van der Waals surface area contributed by atoms with Crippen LogP contribution in [0, 0.1) is 5.92 Å². The second-order valence-electron chi connectivity index (χ2n) is 9.42. The average Bonchev–Trinajstić information content (AvgIpc) is 2.72. The van der Waals surface area contributed by atoms with Crippen LogP contribution in [0.3, 0.4) is 0 Å². The number of phenolic OH excluding ortho intramolecular Hbond substituents is 1. The molecule has 33 heavy (non-hydrogen) atoms. The first kappa shape index (κ1) is 27.7. The highest BCUT2D eigenvalue weighted by Gasteiger charge is 2.37. The van der Waals surface area contributed by atoms with Gasteiger partial charge in [-0.15, -0.1) is 0 Å². The Bertz CT molecular complexity index is 896. The minimum Gasteiger partial charge on any atom is -0.507 e. The Balaban J connectivity index is 2.56. The molecule has 0 saturated heterocycles. The van der Waals surface area contributed by atoms with Crippen molar-refractivity contribution in [1.82, 2.24) is 0 Å². The summed E-state index contributed by atoms with van der Waals surface area (Å²) in [5.41, 5.74) is 4.02. The van der Waals surface area contributed by atoms with Gasteiger partial charge in [0, 0.05) is 39.5 Å². The predicted octanol–water partition coefficient (Wildman–Crippen LogP) is 7.67. The fraction of sp³-hybridized carbons (Fsp3) is 0.615. The van der Waals surface area contributed by atoms with Crippen molar-refractivity contribution in [1.29, 1.82) is 0 Å². The first-order valence-corrected chi connectivity index (χ1v) is 13.2. The summed E-state index contributed by atoms with van der Waals surface area (Å²) in [6.45, 7) is 13.8. The average molecular weight is 481 g/mol. The summed E-state index contributed by atoms with van der Waals surface area (Å²) in [6, 6.07) is 3.81. The summed E-state index contributed by atoms with van der Waals surface area (Å²) >= 11 is 0. The quantitative estimate of drug-likeness (QED) is 0.143. The molecule has 0 radical (unpaired) electrons. The number of hydrogen-bond acceptors (Lipinski definition) is 6. The number of unbranched alkanes of at least 4 members (excludes halogenated alkanes) is 2. The van der Waals surface area contributed by atoms with Crippen molar-refractivity contribution in [3.05, 3.63) is 47.1 Å². The topological polar surface area (TPSA) is 74.2 Å². The lowest BCUT2D eigenvalue weighted by molar-refractivity contribution is -0.101. The Morgan fingerprint density at radius 2 is 1.91 bits per heavy atom. The number of rotatable bonds is 12. The summed E-state index contributed by atoms with van der Waals surface area (Å²) in [7, 11) is -1.26. The largest absolute Gasteiger partial charge is 0.507 e. The minimum atomic E-state index is -3.78. The zero-order valence-corrected chi connectivity index (χ0v) is 22.2. The van der Waals surface area contributed by atoms with Crippen molar-refractivity contribution in [2.45, 2.75) is 84.8 Å². The number of aryl methyl sites for hydroxylation is 1. The van der Waals surface area contributed by atoms with Crippen LogP contribution in [0.5, 0.6) is 11.5 Å². The molecule has 1 aromatic rings. The predicted molar refractivity (Wildman–Crippen MR) is 133 cm³/mol. The summed E-state index contributed by atoms with van der Waals surface area (Å²) in [4.78, 5) is 0. The Hall–Kier alpha value is -1.59. The Morgan fingerprint density at radius 3 is 2.48 bits per heavy atom. The van der Waals surface area contributed by atoms with Gasteiger partial charge >= 0.3 is 7.82 Å². The lowest BCUT2D eigenvalue weighted by Gasteiger charge is -2.34. The zero-order chi connectivity index (χ0) is 24.8. The number of phosphoric ester groups is 1. The van der Waals surface area contributed by atoms with Gasteiger partial charge in [-0.2, -0.15) is 0 Å². The molecule has 1 N–H and O–H groups in total. The standard InChI is InChI=1S/C26H41O6P/c1-9-10-11-12-20-16-23(27)25(22-15-19(4)13-14-21(22)18(2)3)24(17-20)31-26(5,6)32-33(28,29-7)30-8/h15-17,21-22,27H,2,9-14H2,1,3-8H3. The maximum atomic E-state index is 12.6. The van der Waals surface area contributed by atoms with Gasteiger partial charge in [-0.1, -0.05) is 43.6 Å². The van der Waals surface area contributed by atoms with E-state index < -0.39 is 13.6 Å². The highest BCUT2D eigenvalue weighted by Crippen LogP contribution is 2.53. The molecule has 6 nitrogen and oxygen atoms in total. The maximum Gasteiger partial charge on any atom is 0.477 e. The van der Waals surface area contributed by atoms with E-state index in [0.29, 0.717) is 11.3 Å². The van der Waals surface area contributed by atoms with Gasteiger partial charge in [0.2, 0.25) is 5.79 Å². The molecule has 186 valence electrons. The number of phosphoric acid groups is 1. The van der Waals surface area contributed by atoms with Gasteiger partial charge in [0.15, 0.2) is 0 Å². The van der Waals surface area contributed by atoms with E-state index in [-0.39, 0.29) is 17.6 Å². The first-order valence-electron chi connectivity index (χ1n) is 11.7. The Labute approximate surface area is 199 Å². The van der Waals surface area contributed by atoms with Gasteiger partial charge in [-0.25, -0.2) is 9.09 Å². The van der Waals surface area contributed by atoms with E-state index in [1.807, 2.05) is 19.1 Å². The third-order valence-corrected chi connectivity index (χ3v) is 7.65. The van der Waals surface area contributed by atoms with E-state index in [4.69, 9.17) is 18.3 Å². The highest BCUT2D eigenvalue weighted by molar-refractivity contribution is 7.48. The van der Waals surface area contributed by atoms with Crippen LogP contribution < -0.4 is 4.74 Å². The molecule has 1 aromatic carbocycles. The SMILES string of the molecule is C=C(C)C1CCC(C)=CC1c1c(O)cc(CCCCC)cc1OC(C)(C)OP(=O)(OC)OC. The molecule has 1 aliphatic rings. The van der Waals surface area contributed by atoms with Crippen LogP contribution in [0.15, 0.2) is 35.9 Å². The van der Waals surface area contributed by atoms with Crippen LogP contribution in [0.4, 0.5) is 0 Å². The van der Waals surface area contributed by atoms with Crippen LogP contribution in [0.2, 0.25) is 0 Å². The van der Waals surface area contributed by atoms with Gasteiger partial charge < -0.3 is 9.84 Å². The first-order chi connectivity index (χ1) is 15.4. The molecule has 0 spiro atoms. The van der Waals surface area contributed by atoms with Crippen molar-refractivity contribution in [2.24, 2.45) is 5.92 Å². The van der Waals surface area contributed by atoms with Crippen molar-refractivity contribution >= 4 is 7.82 Å². The van der Waals surface area contributed by atoms with E-state index in [1.54, 1.807) is 13.8 Å². The van der Waals surface area contributed by atoms with Gasteiger partial charge in [-0.3, -0.25) is 9.05 Å². The third-order valence-electron chi connectivity index (χ3n) is 6.10. The number of benzene rings is 1. The molecule has 0 heterocycles. The number of ether oxygens (including phenoxy) is 1. The summed E-state index contributed by atoms with van der Waals surface area (Å²) < 4.78 is 34.4. The molecule has 0 aromatic heterocycles. The highest BCUT2D eigenvalue weighted by atomic mass is 31.2. The molecule has 2 unspecified atom stereocenters. The fourth-order valence-electron chi connectivity index (χ4n) is 4.42. The zero-order valence-electron chi connectivity index (χ0n) is 21.3. The Morgan fingerprint density at radius 1 is 1.24 bits per heavy atom. The third kappa shape index (κ3) is 7.45. The van der Waals surface area contributed by atoms with Crippen LogP contribution in [-0.2, 0) is 24.6 Å². The van der Waals surface area contributed by atoms with Crippen LogP contribution in [0.1, 0.15) is 83.8 Å². The molecule has 0 amide bonds. The lowest BCUT2D eigenvalue weighted by atomic mass is 9.73. The number of allylic oxidation sites excluding steroid dienone is 3. The smallest absolute Gasteiger partial charge is 0.477 e. The maximum absolute atomic E-state index is 12.6. The molecule has 0 fully saturated rings. The number of phenols is 1. The van der Waals surface area contributed by atoms with Gasteiger partial charge in [0.05, 0.1) is 0 Å². The summed E-state index contributed by atoms with van der Waals surface area (Å²) in [5.74, 6) is -0.535. The number of aromatic hydroxyl groups is 1. The molecule has 2 atom stereocenters. The van der Waals surface area contributed by atoms with Crippen molar-refractivity contribution in [3.8, 4) is 11.5 Å². The molecule has 0 aliphatic heterocycles. The molecule has 2 rings (SSSR count). The van der Waals surface area contributed by atoms with Crippen LogP contribution in [-0.4, -0.2) is 25.1 Å². The second kappa shape index (κ2) is 11.7. The fourth-order valence-corrected chi connectivity index (χ4v) is 5.29. The van der Waals surface area contributed by atoms with Crippen molar-refractivity contribution in [3.63, 3.8) is 0 Å². The Kier molecular flexibility index (Phi) is 9.81. The molecule has 0 bridgehead atoms. The van der Waals surface area contributed by atoms with Crippen LogP contribution in [0.25, 0.3) is 0 Å². The summed E-state index contributed by atoms with van der Waals surface area (Å²) in [5, 5.41) is 11.2. The van der Waals surface area contributed by atoms with E-state index in [2.05, 4.69) is 26.5 Å². The van der Waals surface area contributed by atoms with Crippen molar-refractivity contribution < 1.29 is 28.0 Å². The molecular formula is C26H41O6P.